The van der Waals surface area contributed by atoms with Gasteiger partial charge in [-0.15, -0.1) is 0 Å². The maximum Gasteiger partial charge on any atom is 0.324 e. The fourth-order valence-corrected chi connectivity index (χ4v) is 3.23. The van der Waals surface area contributed by atoms with Crippen molar-refractivity contribution in [1.82, 2.24) is 4.90 Å². The van der Waals surface area contributed by atoms with E-state index in [1.807, 2.05) is 61.5 Å². The lowest BCUT2D eigenvalue weighted by atomic mass is 9.96. The van der Waals surface area contributed by atoms with E-state index in [4.69, 9.17) is 16.3 Å². The van der Waals surface area contributed by atoms with Crippen molar-refractivity contribution >= 4 is 17.6 Å². The maximum atomic E-state index is 12.5. The van der Waals surface area contributed by atoms with Crippen molar-refractivity contribution < 1.29 is 9.53 Å². The van der Waals surface area contributed by atoms with Gasteiger partial charge in [-0.2, -0.15) is 0 Å². The van der Waals surface area contributed by atoms with Crippen LogP contribution in [0.5, 0.6) is 0 Å². The third-order valence-electron chi connectivity index (χ3n) is 4.74. The summed E-state index contributed by atoms with van der Waals surface area (Å²) in [6, 6.07) is 17.6. The first-order chi connectivity index (χ1) is 11.6. The highest BCUT2D eigenvalue weighted by Gasteiger charge is 2.39. The highest BCUT2D eigenvalue weighted by Crippen LogP contribution is 2.32. The summed E-state index contributed by atoms with van der Waals surface area (Å²) in [6.45, 7) is 4.94. The van der Waals surface area contributed by atoms with E-state index in [9.17, 15) is 4.79 Å². The number of hydrogen-bond donors (Lipinski definition) is 0. The molecule has 3 nitrogen and oxygen atoms in total. The van der Waals surface area contributed by atoms with Gasteiger partial charge in [-0.3, -0.25) is 9.69 Å². The lowest BCUT2D eigenvalue weighted by Gasteiger charge is -2.43. The van der Waals surface area contributed by atoms with Gasteiger partial charge in [0.05, 0.1) is 0 Å². The van der Waals surface area contributed by atoms with Crippen molar-refractivity contribution in [3.8, 4) is 0 Å². The van der Waals surface area contributed by atoms with Gasteiger partial charge in [-0.1, -0.05) is 54.1 Å². The fraction of sp³-hybridized carbons (Fsp3) is 0.350. The number of carbonyl (C=O) groups excluding carboxylic acids is 1. The normalized spacial score (nSPS) is 20.0. The first-order valence-electron chi connectivity index (χ1n) is 8.33. The molecule has 24 heavy (non-hydrogen) atoms. The number of hydrogen-bond acceptors (Lipinski definition) is 3. The summed E-state index contributed by atoms with van der Waals surface area (Å²) < 4.78 is 5.67. The molecular formula is C20H22ClNO2. The lowest BCUT2D eigenvalue weighted by Crippen LogP contribution is -2.53. The molecule has 0 N–H and O–H groups in total. The Hall–Kier alpha value is -1.84. The fourth-order valence-electron chi connectivity index (χ4n) is 3.10. The monoisotopic (exact) mass is 343 g/mol. The van der Waals surface area contributed by atoms with Crippen LogP contribution in [0.2, 0.25) is 5.02 Å². The van der Waals surface area contributed by atoms with Gasteiger partial charge in [0, 0.05) is 17.6 Å². The van der Waals surface area contributed by atoms with Gasteiger partial charge in [0.25, 0.3) is 0 Å². The maximum absolute atomic E-state index is 12.5. The average molecular weight is 344 g/mol. The van der Waals surface area contributed by atoms with Gasteiger partial charge in [0.2, 0.25) is 0 Å². The Labute approximate surface area is 148 Å². The van der Waals surface area contributed by atoms with Crippen molar-refractivity contribution in [1.29, 1.82) is 0 Å². The summed E-state index contributed by atoms with van der Waals surface area (Å²) in [6.07, 6.45) is 0.616. The first kappa shape index (κ1) is 17.0. The van der Waals surface area contributed by atoms with Gasteiger partial charge >= 0.3 is 5.97 Å². The molecule has 0 aromatic heterocycles. The van der Waals surface area contributed by atoms with E-state index < -0.39 is 0 Å². The van der Waals surface area contributed by atoms with Crippen LogP contribution in [0.4, 0.5) is 0 Å². The molecule has 2 aromatic rings. The molecule has 0 bridgehead atoms. The Morgan fingerprint density at radius 2 is 1.75 bits per heavy atom. The van der Waals surface area contributed by atoms with Crippen molar-refractivity contribution in [2.45, 2.75) is 38.5 Å². The Balaban J connectivity index is 1.62. The number of esters is 1. The van der Waals surface area contributed by atoms with Gasteiger partial charge < -0.3 is 4.74 Å². The van der Waals surface area contributed by atoms with Gasteiger partial charge in [0.15, 0.2) is 0 Å². The first-order valence-corrected chi connectivity index (χ1v) is 8.70. The van der Waals surface area contributed by atoms with Crippen LogP contribution in [0.1, 0.15) is 43.5 Å². The van der Waals surface area contributed by atoms with Gasteiger partial charge in [-0.25, -0.2) is 0 Å². The zero-order valence-corrected chi connectivity index (χ0v) is 14.7. The van der Waals surface area contributed by atoms with Crippen LogP contribution in [-0.2, 0) is 9.53 Å². The molecule has 3 atom stereocenters. The number of halogens is 1. The average Bonchev–Trinajstić information content (AvgIpc) is 2.55. The molecule has 1 fully saturated rings. The molecule has 1 heterocycles. The van der Waals surface area contributed by atoms with E-state index in [1.165, 1.54) is 0 Å². The van der Waals surface area contributed by atoms with Gasteiger partial charge in [-0.05, 0) is 43.5 Å². The number of carbonyl (C=O) groups is 1. The van der Waals surface area contributed by atoms with Crippen molar-refractivity contribution in [2.75, 3.05) is 6.54 Å². The number of nitrogens with zero attached hydrogens (tertiary/aromatic N) is 1. The molecule has 1 aliphatic rings. The second-order valence-electron chi connectivity index (χ2n) is 6.26. The van der Waals surface area contributed by atoms with E-state index in [0.29, 0.717) is 0 Å². The van der Waals surface area contributed by atoms with Crippen molar-refractivity contribution in [2.24, 2.45) is 0 Å². The molecule has 2 aromatic carbocycles. The predicted octanol–water partition coefficient (Wildman–Crippen LogP) is 4.78. The summed E-state index contributed by atoms with van der Waals surface area (Å²) in [5.74, 6) is -0.140. The molecule has 0 spiro atoms. The number of ether oxygens (including phenoxy) is 1. The minimum atomic E-state index is -0.230. The largest absolute Gasteiger partial charge is 0.457 e. The quantitative estimate of drug-likeness (QED) is 0.732. The minimum Gasteiger partial charge on any atom is -0.457 e. The molecule has 0 amide bonds. The Morgan fingerprint density at radius 3 is 2.33 bits per heavy atom. The number of benzene rings is 2. The van der Waals surface area contributed by atoms with E-state index in [-0.39, 0.29) is 24.2 Å². The topological polar surface area (TPSA) is 29.5 Å². The van der Waals surface area contributed by atoms with Crippen molar-refractivity contribution in [3.63, 3.8) is 0 Å². The van der Waals surface area contributed by atoms with Crippen LogP contribution >= 0.6 is 11.6 Å². The van der Waals surface area contributed by atoms with E-state index in [2.05, 4.69) is 11.8 Å². The van der Waals surface area contributed by atoms with Crippen molar-refractivity contribution in [3.05, 3.63) is 70.7 Å². The standard InChI is InChI=1S/C20H22ClNO2/c1-14(16-8-10-18(21)11-9-16)22-13-12-19(22)20(23)24-15(2)17-6-4-3-5-7-17/h3-11,14-15,19H,12-13H2,1-2H3. The van der Waals surface area contributed by atoms with E-state index in [1.54, 1.807) is 0 Å². The molecule has 1 saturated heterocycles. The second kappa shape index (κ2) is 7.37. The third kappa shape index (κ3) is 3.63. The predicted molar refractivity (Wildman–Crippen MR) is 95.9 cm³/mol. The number of likely N-dealkylation sites (tertiary alicyclic amines) is 1. The minimum absolute atomic E-state index is 0.140. The second-order valence-corrected chi connectivity index (χ2v) is 6.70. The zero-order chi connectivity index (χ0) is 17.1. The number of rotatable bonds is 5. The van der Waals surface area contributed by atoms with Crippen LogP contribution in [0.25, 0.3) is 0 Å². The summed E-state index contributed by atoms with van der Waals surface area (Å²) >= 11 is 5.95. The summed E-state index contributed by atoms with van der Waals surface area (Å²) in [5, 5.41) is 0.724. The molecule has 0 aliphatic carbocycles. The van der Waals surface area contributed by atoms with Crippen LogP contribution in [-0.4, -0.2) is 23.5 Å². The summed E-state index contributed by atoms with van der Waals surface area (Å²) in [7, 11) is 0. The molecule has 0 saturated carbocycles. The highest BCUT2D eigenvalue weighted by atomic mass is 35.5. The molecule has 126 valence electrons. The van der Waals surface area contributed by atoms with E-state index >= 15 is 0 Å². The Kier molecular flexibility index (Phi) is 5.22. The summed E-state index contributed by atoms with van der Waals surface area (Å²) in [4.78, 5) is 14.7. The molecule has 4 heteroatoms. The highest BCUT2D eigenvalue weighted by molar-refractivity contribution is 6.30. The Morgan fingerprint density at radius 1 is 1.08 bits per heavy atom. The SMILES string of the molecule is CC(OC(=O)C1CCN1C(C)c1ccc(Cl)cc1)c1ccccc1. The van der Waals surface area contributed by atoms with E-state index in [0.717, 1.165) is 29.1 Å². The third-order valence-corrected chi connectivity index (χ3v) is 5.00. The zero-order valence-electron chi connectivity index (χ0n) is 14.0. The van der Waals surface area contributed by atoms with Crippen LogP contribution in [0.3, 0.4) is 0 Å². The van der Waals surface area contributed by atoms with Crippen LogP contribution in [0, 0.1) is 0 Å². The summed E-state index contributed by atoms with van der Waals surface area (Å²) in [5.41, 5.74) is 2.18. The Bertz CT molecular complexity index is 687. The van der Waals surface area contributed by atoms with Crippen LogP contribution in [0.15, 0.2) is 54.6 Å². The molecule has 3 rings (SSSR count). The molecule has 1 aliphatic heterocycles. The molecular weight excluding hydrogens is 322 g/mol. The molecule has 0 radical (unpaired) electrons. The smallest absolute Gasteiger partial charge is 0.324 e. The van der Waals surface area contributed by atoms with Gasteiger partial charge in [0.1, 0.15) is 12.1 Å². The van der Waals surface area contributed by atoms with Crippen LogP contribution < -0.4 is 0 Å². The lowest BCUT2D eigenvalue weighted by molar-refractivity contribution is -0.162. The molecule has 3 unspecified atom stereocenters.